The first-order chi connectivity index (χ1) is 19.6. The van der Waals surface area contributed by atoms with Gasteiger partial charge in [-0.3, -0.25) is 24.6 Å². The van der Waals surface area contributed by atoms with Gasteiger partial charge in [-0.1, -0.05) is 6.07 Å². The molecule has 3 rings (SSSR count). The number of phenolic OH excluding ortho intramolecular Hbond substituents is 1. The van der Waals surface area contributed by atoms with Crippen LogP contribution in [0.4, 0.5) is 10.5 Å². The van der Waals surface area contributed by atoms with Crippen molar-refractivity contribution < 1.29 is 43.4 Å². The Labute approximate surface area is 242 Å². The van der Waals surface area contributed by atoms with Crippen molar-refractivity contribution in [3.05, 3.63) is 51.6 Å². The van der Waals surface area contributed by atoms with Crippen LogP contribution in [0.1, 0.15) is 44.9 Å². The number of hydrogen-bond donors (Lipinski definition) is 3. The van der Waals surface area contributed by atoms with Gasteiger partial charge in [-0.05, 0) is 57.0 Å². The number of fused-ring (bicyclic) bond motifs is 5. The lowest BCUT2D eigenvalue weighted by atomic mass is 9.93. The average molecular weight is 587 g/mol. The van der Waals surface area contributed by atoms with Gasteiger partial charge in [-0.25, -0.2) is 9.59 Å². The first-order valence-electron chi connectivity index (χ1n) is 12.9. The summed E-state index contributed by atoms with van der Waals surface area (Å²) >= 11 is 0. The molecule has 0 saturated carbocycles. The Balaban J connectivity index is 2.35. The minimum atomic E-state index is -1.36. The van der Waals surface area contributed by atoms with Gasteiger partial charge < -0.3 is 30.0 Å². The molecular formula is C28H34N4O10. The number of esters is 1. The SMILES string of the molecule is COC(=O)[C@@H]1Cc2cc(c(O)c([N+](=O)[O-])c2)-c2cc(ccc2OC)[C@H](N(C)C(=O)OC(C)(C)C)C(=O)N[C@@H](C)C(=O)N1. The van der Waals surface area contributed by atoms with E-state index in [1.165, 1.54) is 45.3 Å². The van der Waals surface area contributed by atoms with Crippen LogP contribution in [0.3, 0.4) is 0 Å². The minimum absolute atomic E-state index is 0.0441. The Morgan fingerprint density at radius 3 is 2.31 bits per heavy atom. The van der Waals surface area contributed by atoms with Crippen molar-refractivity contribution in [3.63, 3.8) is 0 Å². The standard InChI is InChI=1S/C28H34N4O10/c1-14-24(34)30-19(26(36)41-7)11-15-10-18(23(33)20(12-15)32(38)39)17-13-16(8-9-21(17)40-6)22(25(35)29-14)31(5)27(37)42-28(2,3)4/h8-10,12-14,19,22,33H,11H2,1-7H3,(H,29,35)(H,30,34)/t14-,19-,22-/m0/s1. The Hall–Kier alpha value is -4.88. The third-order valence-electron chi connectivity index (χ3n) is 6.49. The van der Waals surface area contributed by atoms with Gasteiger partial charge in [0, 0.05) is 30.7 Å². The van der Waals surface area contributed by atoms with Crippen LogP contribution in [0.25, 0.3) is 11.1 Å². The number of amides is 3. The number of methoxy groups -OCH3 is 2. The molecule has 2 aromatic rings. The van der Waals surface area contributed by atoms with Crippen molar-refractivity contribution in [1.82, 2.24) is 15.5 Å². The fourth-order valence-electron chi connectivity index (χ4n) is 4.46. The zero-order valence-corrected chi connectivity index (χ0v) is 24.3. The van der Waals surface area contributed by atoms with Crippen LogP contribution in [-0.4, -0.2) is 77.8 Å². The van der Waals surface area contributed by atoms with E-state index in [2.05, 4.69) is 10.6 Å². The first kappa shape index (κ1) is 31.6. The number of carbonyl (C=O) groups is 4. The van der Waals surface area contributed by atoms with E-state index in [1.54, 1.807) is 20.8 Å². The van der Waals surface area contributed by atoms with E-state index in [4.69, 9.17) is 14.2 Å². The number of carbonyl (C=O) groups excluding carboxylic acids is 4. The number of likely N-dealkylation sites (N-methyl/N-ethyl adjacent to an activating group) is 1. The second kappa shape index (κ2) is 12.3. The van der Waals surface area contributed by atoms with Crippen molar-refractivity contribution in [2.75, 3.05) is 21.3 Å². The highest BCUT2D eigenvalue weighted by molar-refractivity contribution is 5.94. The third kappa shape index (κ3) is 6.87. The highest BCUT2D eigenvalue weighted by atomic mass is 16.6. The number of nitrogens with one attached hydrogen (secondary N) is 2. The van der Waals surface area contributed by atoms with Gasteiger partial charge in [-0.2, -0.15) is 0 Å². The highest BCUT2D eigenvalue weighted by Gasteiger charge is 2.35. The molecule has 0 spiro atoms. The van der Waals surface area contributed by atoms with Crippen LogP contribution in [0, 0.1) is 10.1 Å². The summed E-state index contributed by atoms with van der Waals surface area (Å²) in [4.78, 5) is 64.5. The van der Waals surface area contributed by atoms with Crippen LogP contribution in [0.2, 0.25) is 0 Å². The summed E-state index contributed by atoms with van der Waals surface area (Å²) in [5.41, 5.74) is -0.995. The predicted octanol–water partition coefficient (Wildman–Crippen LogP) is 2.60. The fraction of sp³-hybridized carbons (Fsp3) is 0.429. The van der Waals surface area contributed by atoms with Gasteiger partial charge in [-0.15, -0.1) is 0 Å². The van der Waals surface area contributed by atoms with Crippen molar-refractivity contribution in [2.24, 2.45) is 0 Å². The second-order valence-corrected chi connectivity index (χ2v) is 10.7. The number of nitro benzene ring substituents is 1. The lowest BCUT2D eigenvalue weighted by Crippen LogP contribution is -2.53. The molecule has 3 N–H and O–H groups in total. The Kier molecular flexibility index (Phi) is 9.29. The van der Waals surface area contributed by atoms with Crippen molar-refractivity contribution >= 4 is 29.6 Å². The van der Waals surface area contributed by atoms with E-state index in [-0.39, 0.29) is 34.4 Å². The monoisotopic (exact) mass is 586 g/mol. The molecule has 0 radical (unpaired) electrons. The lowest BCUT2D eigenvalue weighted by molar-refractivity contribution is -0.385. The smallest absolute Gasteiger partial charge is 0.410 e. The molecule has 2 aromatic carbocycles. The molecule has 0 aliphatic carbocycles. The number of aromatic hydroxyl groups is 1. The summed E-state index contributed by atoms with van der Waals surface area (Å²) in [6, 6.07) is 3.10. The predicted molar refractivity (Wildman–Crippen MR) is 149 cm³/mol. The zero-order chi connectivity index (χ0) is 31.5. The largest absolute Gasteiger partial charge is 0.502 e. The summed E-state index contributed by atoms with van der Waals surface area (Å²) in [5, 5.41) is 28.0. The Bertz CT molecular complexity index is 1420. The molecule has 226 valence electrons. The number of nitrogens with zero attached hydrogens (tertiary/aromatic N) is 2. The fourth-order valence-corrected chi connectivity index (χ4v) is 4.46. The van der Waals surface area contributed by atoms with Gasteiger partial charge in [0.15, 0.2) is 0 Å². The van der Waals surface area contributed by atoms with Gasteiger partial charge in [0.25, 0.3) is 0 Å². The molecule has 1 heterocycles. The minimum Gasteiger partial charge on any atom is -0.502 e. The summed E-state index contributed by atoms with van der Waals surface area (Å²) < 4.78 is 15.8. The highest BCUT2D eigenvalue weighted by Crippen LogP contribution is 2.43. The Morgan fingerprint density at radius 2 is 1.74 bits per heavy atom. The Morgan fingerprint density at radius 1 is 1.07 bits per heavy atom. The van der Waals surface area contributed by atoms with Gasteiger partial charge in [0.2, 0.25) is 17.6 Å². The van der Waals surface area contributed by atoms with Crippen molar-refractivity contribution in [1.29, 1.82) is 0 Å². The van der Waals surface area contributed by atoms with E-state index in [9.17, 15) is 34.4 Å². The van der Waals surface area contributed by atoms with E-state index in [0.717, 1.165) is 18.1 Å². The molecule has 0 fully saturated rings. The zero-order valence-electron chi connectivity index (χ0n) is 24.3. The molecule has 0 aromatic heterocycles. The summed E-state index contributed by atoms with van der Waals surface area (Å²) in [5.74, 6) is -2.86. The number of nitro groups is 1. The van der Waals surface area contributed by atoms with Crippen molar-refractivity contribution in [3.8, 4) is 22.6 Å². The first-order valence-corrected chi connectivity index (χ1v) is 12.9. The molecule has 14 nitrogen and oxygen atoms in total. The van der Waals surface area contributed by atoms with Gasteiger partial charge in [0.1, 0.15) is 29.5 Å². The van der Waals surface area contributed by atoms with Gasteiger partial charge >= 0.3 is 17.7 Å². The number of benzene rings is 2. The maximum Gasteiger partial charge on any atom is 0.410 e. The maximum absolute atomic E-state index is 13.7. The quantitative estimate of drug-likeness (QED) is 0.273. The molecule has 3 atom stereocenters. The summed E-state index contributed by atoms with van der Waals surface area (Å²) in [7, 11) is 3.81. The molecule has 42 heavy (non-hydrogen) atoms. The van der Waals surface area contributed by atoms with Gasteiger partial charge in [0.05, 0.1) is 19.1 Å². The van der Waals surface area contributed by atoms with Crippen molar-refractivity contribution in [2.45, 2.75) is 57.8 Å². The molecule has 0 saturated heterocycles. The summed E-state index contributed by atoms with van der Waals surface area (Å²) in [6.45, 7) is 6.36. The van der Waals surface area contributed by atoms with Crippen LogP contribution < -0.4 is 15.4 Å². The second-order valence-electron chi connectivity index (χ2n) is 10.7. The van der Waals surface area contributed by atoms with E-state index < -0.39 is 64.0 Å². The van der Waals surface area contributed by atoms with Crippen LogP contribution in [0.5, 0.6) is 11.5 Å². The maximum atomic E-state index is 13.7. The number of hydrogen-bond acceptors (Lipinski definition) is 10. The third-order valence-corrected chi connectivity index (χ3v) is 6.49. The molecular weight excluding hydrogens is 552 g/mol. The number of phenols is 1. The normalized spacial score (nSPS) is 19.0. The van der Waals surface area contributed by atoms with E-state index in [0.29, 0.717) is 0 Å². The summed E-state index contributed by atoms with van der Waals surface area (Å²) in [6.07, 6.45) is -1.08. The van der Waals surface area contributed by atoms with Crippen LogP contribution >= 0.6 is 0 Å². The topological polar surface area (TPSA) is 187 Å². The van der Waals surface area contributed by atoms with E-state index >= 15 is 0 Å². The average Bonchev–Trinajstić information content (AvgIpc) is 2.91. The molecule has 14 heteroatoms. The van der Waals surface area contributed by atoms with Crippen LogP contribution in [0.15, 0.2) is 30.3 Å². The number of rotatable bonds is 4. The number of ether oxygens (including phenoxy) is 3. The molecule has 1 aliphatic heterocycles. The lowest BCUT2D eigenvalue weighted by Gasteiger charge is -2.31. The molecule has 4 bridgehead atoms. The molecule has 0 unspecified atom stereocenters. The van der Waals surface area contributed by atoms with E-state index in [1.807, 2.05) is 0 Å². The molecule has 3 amide bonds. The van der Waals surface area contributed by atoms with Crippen LogP contribution in [-0.2, 0) is 30.3 Å². The molecule has 1 aliphatic rings.